The van der Waals surface area contributed by atoms with Gasteiger partial charge < -0.3 is 10.1 Å². The molecule has 0 saturated heterocycles. The molecule has 9 nitrogen and oxygen atoms in total. The van der Waals surface area contributed by atoms with Gasteiger partial charge in [-0.2, -0.15) is 5.21 Å². The lowest BCUT2D eigenvalue weighted by Gasteiger charge is -2.14. The van der Waals surface area contributed by atoms with Crippen molar-refractivity contribution in [3.8, 4) is 17.1 Å². The Bertz CT molecular complexity index is 1400. The van der Waals surface area contributed by atoms with Gasteiger partial charge in [-0.3, -0.25) is 4.79 Å². The third-order valence-corrected chi connectivity index (χ3v) is 7.44. The molecule has 1 heterocycles. The number of hydrogen-bond acceptors (Lipinski definition) is 7. The van der Waals surface area contributed by atoms with E-state index in [0.29, 0.717) is 23.5 Å². The average Bonchev–Trinajstić information content (AvgIpc) is 3.44. The first-order chi connectivity index (χ1) is 17.5. The van der Waals surface area contributed by atoms with Crippen LogP contribution < -0.4 is 10.1 Å². The standard InChI is InChI=1S/C26H27N5O4S/c1-2-3-4-9-18-35-20-16-14-19(15-17-20)26(32)27-22-11-6-8-13-24(22)36(33,34)23-12-7-5-10-21(23)25-28-30-31-29-25/h5-8,10-17H,2-4,9,18H2,1H3,(H,27,32)(H,28,29,30,31). The number of nitrogens with one attached hydrogen (secondary N) is 2. The van der Waals surface area contributed by atoms with Crippen LogP contribution in [0.1, 0.15) is 43.0 Å². The summed E-state index contributed by atoms with van der Waals surface area (Å²) in [6.45, 7) is 2.79. The minimum absolute atomic E-state index is 0.00790. The van der Waals surface area contributed by atoms with Gasteiger partial charge in [-0.05, 0) is 60.2 Å². The Balaban J connectivity index is 1.53. The van der Waals surface area contributed by atoms with Crippen molar-refractivity contribution in [1.29, 1.82) is 0 Å². The fraction of sp³-hybridized carbons (Fsp3) is 0.231. The molecule has 0 aliphatic heterocycles. The van der Waals surface area contributed by atoms with Gasteiger partial charge >= 0.3 is 0 Å². The van der Waals surface area contributed by atoms with E-state index in [2.05, 4.69) is 32.9 Å². The topological polar surface area (TPSA) is 127 Å². The number of H-pyrrole nitrogens is 1. The van der Waals surface area contributed by atoms with Gasteiger partial charge in [0, 0.05) is 11.1 Å². The number of para-hydroxylation sites is 1. The number of carbonyl (C=O) groups is 1. The number of rotatable bonds is 11. The van der Waals surface area contributed by atoms with Crippen molar-refractivity contribution in [2.45, 2.75) is 42.4 Å². The molecule has 0 aliphatic carbocycles. The number of unbranched alkanes of at least 4 members (excludes halogenated alkanes) is 3. The number of benzene rings is 3. The van der Waals surface area contributed by atoms with Crippen LogP contribution >= 0.6 is 0 Å². The maximum atomic E-state index is 13.6. The fourth-order valence-electron chi connectivity index (χ4n) is 3.70. The van der Waals surface area contributed by atoms with Crippen LogP contribution in [0.4, 0.5) is 5.69 Å². The molecule has 0 spiro atoms. The van der Waals surface area contributed by atoms with Crippen molar-refractivity contribution in [3.63, 3.8) is 0 Å². The molecule has 0 unspecified atom stereocenters. The molecule has 1 aromatic heterocycles. The molecule has 0 bridgehead atoms. The third-order valence-electron chi connectivity index (χ3n) is 5.57. The molecule has 36 heavy (non-hydrogen) atoms. The van der Waals surface area contributed by atoms with Crippen LogP contribution in [0.5, 0.6) is 5.75 Å². The lowest BCUT2D eigenvalue weighted by Crippen LogP contribution is -2.15. The average molecular weight is 506 g/mol. The quantitative estimate of drug-likeness (QED) is 0.277. The van der Waals surface area contributed by atoms with Gasteiger partial charge in [-0.15, -0.1) is 10.2 Å². The van der Waals surface area contributed by atoms with Crippen molar-refractivity contribution < 1.29 is 17.9 Å². The normalized spacial score (nSPS) is 11.2. The van der Waals surface area contributed by atoms with Crippen molar-refractivity contribution in [2.24, 2.45) is 0 Å². The van der Waals surface area contributed by atoms with Crippen LogP contribution in [0, 0.1) is 0 Å². The molecule has 1 amide bonds. The highest BCUT2D eigenvalue weighted by Crippen LogP contribution is 2.33. The molecule has 3 aromatic carbocycles. The van der Waals surface area contributed by atoms with Gasteiger partial charge in [-0.1, -0.05) is 50.5 Å². The van der Waals surface area contributed by atoms with Crippen molar-refractivity contribution in [3.05, 3.63) is 78.4 Å². The zero-order valence-electron chi connectivity index (χ0n) is 19.8. The Morgan fingerprint density at radius 2 is 1.64 bits per heavy atom. The number of ether oxygens (including phenoxy) is 1. The van der Waals surface area contributed by atoms with Crippen LogP contribution in [0.25, 0.3) is 11.4 Å². The number of hydrogen-bond donors (Lipinski definition) is 2. The molecular formula is C26H27N5O4S. The molecule has 0 aliphatic rings. The number of tetrazole rings is 1. The van der Waals surface area contributed by atoms with Crippen molar-refractivity contribution >= 4 is 21.4 Å². The summed E-state index contributed by atoms with van der Waals surface area (Å²) in [6, 6.07) is 19.4. The number of amides is 1. The van der Waals surface area contributed by atoms with Gasteiger partial charge in [-0.25, -0.2) is 8.42 Å². The lowest BCUT2D eigenvalue weighted by atomic mass is 10.2. The molecule has 0 saturated carbocycles. The first-order valence-corrected chi connectivity index (χ1v) is 13.2. The molecule has 0 fully saturated rings. The molecule has 10 heteroatoms. The fourth-order valence-corrected chi connectivity index (χ4v) is 5.31. The minimum Gasteiger partial charge on any atom is -0.494 e. The molecule has 2 N–H and O–H groups in total. The molecule has 186 valence electrons. The maximum Gasteiger partial charge on any atom is 0.255 e. The largest absolute Gasteiger partial charge is 0.494 e. The Hall–Kier alpha value is -4.05. The number of anilines is 1. The van der Waals surface area contributed by atoms with Crippen molar-refractivity contribution in [1.82, 2.24) is 20.6 Å². The zero-order valence-corrected chi connectivity index (χ0v) is 20.7. The van der Waals surface area contributed by atoms with Gasteiger partial charge in [0.25, 0.3) is 5.91 Å². The Kier molecular flexibility index (Phi) is 8.06. The Morgan fingerprint density at radius 1 is 0.917 bits per heavy atom. The summed E-state index contributed by atoms with van der Waals surface area (Å²) < 4.78 is 33.0. The highest BCUT2D eigenvalue weighted by Gasteiger charge is 2.26. The second kappa shape index (κ2) is 11.6. The third kappa shape index (κ3) is 5.77. The number of nitrogens with zero attached hydrogens (tertiary/aromatic N) is 3. The monoisotopic (exact) mass is 505 g/mol. The summed E-state index contributed by atoms with van der Waals surface area (Å²) in [5, 5.41) is 16.4. The summed E-state index contributed by atoms with van der Waals surface area (Å²) >= 11 is 0. The lowest BCUT2D eigenvalue weighted by molar-refractivity contribution is 0.102. The van der Waals surface area contributed by atoms with Gasteiger partial charge in [0.15, 0.2) is 0 Å². The number of carbonyl (C=O) groups excluding carboxylic acids is 1. The van der Waals surface area contributed by atoms with E-state index in [1.54, 1.807) is 60.7 Å². The van der Waals surface area contributed by atoms with Crippen LogP contribution in [0.2, 0.25) is 0 Å². The summed E-state index contributed by atoms with van der Waals surface area (Å²) in [4.78, 5) is 12.9. The second-order valence-corrected chi connectivity index (χ2v) is 10.0. The van der Waals surface area contributed by atoms with Crippen LogP contribution in [-0.4, -0.2) is 41.6 Å². The van der Waals surface area contributed by atoms with E-state index in [4.69, 9.17) is 4.74 Å². The van der Waals surface area contributed by atoms with Crippen LogP contribution in [0.15, 0.2) is 82.6 Å². The second-order valence-electron chi connectivity index (χ2n) is 8.12. The van der Waals surface area contributed by atoms with Gasteiger partial charge in [0.2, 0.25) is 15.7 Å². The van der Waals surface area contributed by atoms with Crippen LogP contribution in [-0.2, 0) is 9.84 Å². The first kappa shape index (κ1) is 25.1. The zero-order chi connectivity index (χ0) is 25.4. The van der Waals surface area contributed by atoms with E-state index < -0.39 is 15.7 Å². The summed E-state index contributed by atoms with van der Waals surface area (Å²) in [6.07, 6.45) is 4.46. The predicted octanol–water partition coefficient (Wildman–Crippen LogP) is 4.91. The summed E-state index contributed by atoms with van der Waals surface area (Å²) in [5.74, 6) is 0.408. The SMILES string of the molecule is CCCCCCOc1ccc(C(=O)Nc2ccccc2S(=O)(=O)c2ccccc2-c2nn[nH]n2)cc1. The number of aromatic nitrogens is 4. The predicted molar refractivity (Wildman–Crippen MR) is 136 cm³/mol. The molecule has 4 aromatic rings. The Morgan fingerprint density at radius 3 is 2.36 bits per heavy atom. The maximum absolute atomic E-state index is 13.6. The van der Waals surface area contributed by atoms with E-state index in [-0.39, 0.29) is 21.3 Å². The van der Waals surface area contributed by atoms with Crippen LogP contribution in [0.3, 0.4) is 0 Å². The molecular weight excluding hydrogens is 478 g/mol. The van der Waals surface area contributed by atoms with E-state index >= 15 is 0 Å². The number of aromatic amines is 1. The minimum atomic E-state index is -4.03. The van der Waals surface area contributed by atoms with E-state index in [1.807, 2.05) is 0 Å². The van der Waals surface area contributed by atoms with E-state index in [0.717, 1.165) is 12.8 Å². The summed E-state index contributed by atoms with van der Waals surface area (Å²) in [7, 11) is -4.03. The first-order valence-electron chi connectivity index (χ1n) is 11.7. The molecule has 0 radical (unpaired) electrons. The Labute approximate surface area is 209 Å². The molecule has 0 atom stereocenters. The number of sulfone groups is 1. The highest BCUT2D eigenvalue weighted by atomic mass is 32.2. The van der Waals surface area contributed by atoms with Gasteiger partial charge in [0.05, 0.1) is 22.1 Å². The smallest absolute Gasteiger partial charge is 0.255 e. The van der Waals surface area contributed by atoms with E-state index in [9.17, 15) is 13.2 Å². The summed E-state index contributed by atoms with van der Waals surface area (Å²) in [5.41, 5.74) is 0.854. The molecule has 4 rings (SSSR count). The van der Waals surface area contributed by atoms with Crippen molar-refractivity contribution in [2.75, 3.05) is 11.9 Å². The highest BCUT2D eigenvalue weighted by molar-refractivity contribution is 7.91. The van der Waals surface area contributed by atoms with Gasteiger partial charge in [0.1, 0.15) is 5.75 Å². The van der Waals surface area contributed by atoms with E-state index in [1.165, 1.54) is 25.0 Å².